The predicted octanol–water partition coefficient (Wildman–Crippen LogP) is 3.88. The van der Waals surface area contributed by atoms with Gasteiger partial charge >= 0.3 is 5.97 Å². The Morgan fingerprint density at radius 1 is 1.23 bits per heavy atom. The van der Waals surface area contributed by atoms with Crippen LogP contribution in [-0.4, -0.2) is 20.9 Å². The van der Waals surface area contributed by atoms with Gasteiger partial charge in [0.25, 0.3) is 0 Å². The Hall–Kier alpha value is -2.10. The fourth-order valence-electron chi connectivity index (χ4n) is 4.49. The molecular weight excluding hydrogens is 276 g/mol. The number of carboxylic acids is 1. The molecule has 1 saturated carbocycles. The van der Waals surface area contributed by atoms with Gasteiger partial charge in [-0.1, -0.05) is 31.5 Å². The number of benzene rings is 1. The highest BCUT2D eigenvalue weighted by Gasteiger charge is 2.55. The monoisotopic (exact) mass is 296 g/mol. The van der Waals surface area contributed by atoms with Crippen LogP contribution in [0, 0.1) is 12.3 Å². The fourth-order valence-corrected chi connectivity index (χ4v) is 4.49. The maximum atomic E-state index is 11.7. The number of aromatic nitrogens is 2. The number of carboxylic acid groups (broad SMARTS) is 1. The molecule has 1 aromatic heterocycles. The second-order valence-corrected chi connectivity index (χ2v) is 7.20. The molecule has 1 fully saturated rings. The Balaban J connectivity index is 1.96. The van der Waals surface area contributed by atoms with E-state index in [1.807, 2.05) is 35.9 Å². The topological polar surface area (TPSA) is 55.1 Å². The van der Waals surface area contributed by atoms with E-state index in [1.54, 1.807) is 0 Å². The van der Waals surface area contributed by atoms with E-state index in [1.165, 1.54) is 5.56 Å². The van der Waals surface area contributed by atoms with E-state index < -0.39 is 5.97 Å². The third-order valence-electron chi connectivity index (χ3n) is 5.66. The first kappa shape index (κ1) is 13.6. The zero-order chi connectivity index (χ0) is 15.6. The molecule has 0 aliphatic heterocycles. The van der Waals surface area contributed by atoms with E-state index in [9.17, 15) is 9.90 Å². The number of hydrogen-bond donors (Lipinski definition) is 1. The first-order valence-electron chi connectivity index (χ1n) is 7.84. The lowest BCUT2D eigenvalue weighted by molar-refractivity contribution is 0.0687. The Morgan fingerprint density at radius 3 is 2.50 bits per heavy atom. The number of hydrogen-bond acceptors (Lipinski definition) is 2. The Kier molecular flexibility index (Phi) is 2.60. The highest BCUT2D eigenvalue weighted by atomic mass is 16.4. The van der Waals surface area contributed by atoms with Gasteiger partial charge < -0.3 is 5.11 Å². The summed E-state index contributed by atoms with van der Waals surface area (Å²) in [6.07, 6.45) is 2.20. The van der Waals surface area contributed by atoms with E-state index >= 15 is 0 Å². The summed E-state index contributed by atoms with van der Waals surface area (Å²) >= 11 is 0. The average Bonchev–Trinajstić information content (AvgIpc) is 3.05. The molecule has 114 valence electrons. The molecule has 2 bridgehead atoms. The molecule has 4 heteroatoms. The van der Waals surface area contributed by atoms with Crippen molar-refractivity contribution in [2.24, 2.45) is 5.41 Å². The summed E-state index contributed by atoms with van der Waals surface area (Å²) in [4.78, 5) is 11.7. The fraction of sp³-hybridized carbons (Fsp3) is 0.444. The van der Waals surface area contributed by atoms with Gasteiger partial charge in [0.15, 0.2) is 5.69 Å². The number of fused-ring (bicyclic) bond motifs is 5. The maximum Gasteiger partial charge on any atom is 0.356 e. The van der Waals surface area contributed by atoms with Crippen LogP contribution in [0.25, 0.3) is 5.69 Å². The van der Waals surface area contributed by atoms with E-state index in [0.29, 0.717) is 11.8 Å². The second-order valence-electron chi connectivity index (χ2n) is 7.20. The largest absolute Gasteiger partial charge is 0.476 e. The van der Waals surface area contributed by atoms with E-state index in [4.69, 9.17) is 0 Å². The molecule has 2 aliphatic rings. The first-order valence-corrected chi connectivity index (χ1v) is 7.84. The van der Waals surface area contributed by atoms with Crippen molar-refractivity contribution in [3.05, 3.63) is 46.8 Å². The van der Waals surface area contributed by atoms with Gasteiger partial charge in [-0.2, -0.15) is 5.10 Å². The van der Waals surface area contributed by atoms with Crippen LogP contribution >= 0.6 is 0 Å². The molecular formula is C18H20N2O2. The molecule has 2 aromatic rings. The summed E-state index contributed by atoms with van der Waals surface area (Å²) in [5.74, 6) is -0.197. The summed E-state index contributed by atoms with van der Waals surface area (Å²) in [6.45, 7) is 6.58. The summed E-state index contributed by atoms with van der Waals surface area (Å²) in [5.41, 5.74) is 4.63. The standard InChI is InChI=1S/C18H20N2O2/c1-10-4-6-11(7-5-10)20-16-13-9-8-12(18(13,2)3)14(16)15(19-20)17(21)22/h4-7,12-13H,8-9H2,1-3H3,(H,21,22)/t12-,13+/m0/s1. The van der Waals surface area contributed by atoms with Crippen molar-refractivity contribution in [1.82, 2.24) is 9.78 Å². The molecule has 2 aliphatic carbocycles. The zero-order valence-electron chi connectivity index (χ0n) is 13.1. The van der Waals surface area contributed by atoms with Gasteiger partial charge in [-0.3, -0.25) is 0 Å². The summed E-state index contributed by atoms with van der Waals surface area (Å²) < 4.78 is 1.88. The Bertz CT molecular complexity index is 771. The third-order valence-corrected chi connectivity index (χ3v) is 5.66. The molecule has 22 heavy (non-hydrogen) atoms. The van der Waals surface area contributed by atoms with Gasteiger partial charge in [0.05, 0.1) is 11.4 Å². The molecule has 0 amide bonds. The minimum atomic E-state index is -0.912. The molecule has 4 nitrogen and oxygen atoms in total. The number of nitrogens with zero attached hydrogens (tertiary/aromatic N) is 2. The lowest BCUT2D eigenvalue weighted by Crippen LogP contribution is -2.18. The molecule has 1 N–H and O–H groups in total. The van der Waals surface area contributed by atoms with E-state index in [0.717, 1.165) is 29.8 Å². The van der Waals surface area contributed by atoms with E-state index in [-0.39, 0.29) is 11.1 Å². The molecule has 0 spiro atoms. The van der Waals surface area contributed by atoms with E-state index in [2.05, 4.69) is 18.9 Å². The highest BCUT2D eigenvalue weighted by Crippen LogP contribution is 2.65. The lowest BCUT2D eigenvalue weighted by Gasteiger charge is -2.25. The van der Waals surface area contributed by atoms with Crippen LogP contribution in [-0.2, 0) is 0 Å². The van der Waals surface area contributed by atoms with Crippen molar-refractivity contribution in [3.63, 3.8) is 0 Å². The van der Waals surface area contributed by atoms with Gasteiger partial charge in [0, 0.05) is 11.5 Å². The van der Waals surface area contributed by atoms with Crippen LogP contribution in [0.2, 0.25) is 0 Å². The van der Waals surface area contributed by atoms with Gasteiger partial charge in [-0.15, -0.1) is 0 Å². The summed E-state index contributed by atoms with van der Waals surface area (Å²) in [6, 6.07) is 8.13. The van der Waals surface area contributed by atoms with Crippen molar-refractivity contribution in [2.75, 3.05) is 0 Å². The molecule has 4 rings (SSSR count). The van der Waals surface area contributed by atoms with Crippen LogP contribution < -0.4 is 0 Å². The second kappa shape index (κ2) is 4.22. The van der Waals surface area contributed by atoms with Gasteiger partial charge in [-0.25, -0.2) is 9.48 Å². The quantitative estimate of drug-likeness (QED) is 0.915. The van der Waals surface area contributed by atoms with Crippen LogP contribution in [0.1, 0.15) is 65.8 Å². The highest BCUT2D eigenvalue weighted by molar-refractivity contribution is 5.88. The summed E-state index contributed by atoms with van der Waals surface area (Å²) in [7, 11) is 0. The maximum absolute atomic E-state index is 11.7. The average molecular weight is 296 g/mol. The van der Waals surface area contributed by atoms with Gasteiger partial charge in [0.2, 0.25) is 0 Å². The number of aryl methyl sites for hydroxylation is 1. The van der Waals surface area contributed by atoms with Crippen molar-refractivity contribution >= 4 is 5.97 Å². The Labute approximate surface area is 129 Å². The Morgan fingerprint density at radius 2 is 1.86 bits per heavy atom. The molecule has 1 aromatic carbocycles. The zero-order valence-corrected chi connectivity index (χ0v) is 13.1. The normalized spacial score (nSPS) is 24.5. The molecule has 0 saturated heterocycles. The van der Waals surface area contributed by atoms with Gasteiger partial charge in [-0.05, 0) is 43.2 Å². The van der Waals surface area contributed by atoms with Gasteiger partial charge in [0.1, 0.15) is 0 Å². The van der Waals surface area contributed by atoms with Crippen LogP contribution in [0.3, 0.4) is 0 Å². The number of carbonyl (C=O) groups is 1. The van der Waals surface area contributed by atoms with Crippen LogP contribution in [0.5, 0.6) is 0 Å². The predicted molar refractivity (Wildman–Crippen MR) is 83.8 cm³/mol. The van der Waals surface area contributed by atoms with Crippen molar-refractivity contribution in [2.45, 2.75) is 45.4 Å². The van der Waals surface area contributed by atoms with Crippen LogP contribution in [0.15, 0.2) is 24.3 Å². The van der Waals surface area contributed by atoms with Crippen molar-refractivity contribution in [1.29, 1.82) is 0 Å². The van der Waals surface area contributed by atoms with Crippen molar-refractivity contribution in [3.8, 4) is 5.69 Å². The molecule has 0 radical (unpaired) electrons. The smallest absolute Gasteiger partial charge is 0.356 e. The molecule has 0 unspecified atom stereocenters. The minimum Gasteiger partial charge on any atom is -0.476 e. The summed E-state index contributed by atoms with van der Waals surface area (Å²) in [5, 5.41) is 14.0. The minimum absolute atomic E-state index is 0.129. The first-order chi connectivity index (χ1) is 10.4. The SMILES string of the molecule is Cc1ccc(-n2nc(C(=O)O)c3c2[C@H]2CC[C@@H]3C2(C)C)cc1. The lowest BCUT2D eigenvalue weighted by atomic mass is 9.80. The number of rotatable bonds is 2. The van der Waals surface area contributed by atoms with Crippen LogP contribution in [0.4, 0.5) is 0 Å². The van der Waals surface area contributed by atoms with Crippen molar-refractivity contribution < 1.29 is 9.90 Å². The third kappa shape index (κ3) is 1.58. The molecule has 1 heterocycles. The molecule has 2 atom stereocenters. The number of aromatic carboxylic acids is 1.